The molecule has 1 aromatic heterocycles. The minimum absolute atomic E-state index is 0.839. The van der Waals surface area contributed by atoms with E-state index in [4.69, 9.17) is 0 Å². The summed E-state index contributed by atoms with van der Waals surface area (Å²) in [5.74, 6) is 0. The third kappa shape index (κ3) is 3.71. The van der Waals surface area contributed by atoms with Gasteiger partial charge in [0.15, 0.2) is 0 Å². The molecule has 0 saturated carbocycles. The lowest BCUT2D eigenvalue weighted by Crippen LogP contribution is -2.07. The third-order valence-electron chi connectivity index (χ3n) is 2.75. The highest BCUT2D eigenvalue weighted by Crippen LogP contribution is 2.04. The Balaban J connectivity index is 1.78. The SMILES string of the molecule is CNCc1ccn(CCCc2ccccc2)n1. The lowest BCUT2D eigenvalue weighted by Gasteiger charge is -2.02. The Morgan fingerprint density at radius 1 is 1.18 bits per heavy atom. The van der Waals surface area contributed by atoms with Crippen molar-refractivity contribution in [2.24, 2.45) is 0 Å². The summed E-state index contributed by atoms with van der Waals surface area (Å²) < 4.78 is 2.02. The Labute approximate surface area is 102 Å². The smallest absolute Gasteiger partial charge is 0.0762 e. The predicted molar refractivity (Wildman–Crippen MR) is 69.8 cm³/mol. The molecule has 2 rings (SSSR count). The summed E-state index contributed by atoms with van der Waals surface area (Å²) in [6.07, 6.45) is 4.30. The summed E-state index contributed by atoms with van der Waals surface area (Å²) in [6.45, 7) is 1.82. The van der Waals surface area contributed by atoms with Crippen LogP contribution in [0.3, 0.4) is 0 Å². The molecule has 0 bridgehead atoms. The summed E-state index contributed by atoms with van der Waals surface area (Å²) in [5, 5.41) is 7.59. The van der Waals surface area contributed by atoms with E-state index in [-0.39, 0.29) is 0 Å². The van der Waals surface area contributed by atoms with Crippen molar-refractivity contribution < 1.29 is 0 Å². The van der Waals surface area contributed by atoms with Gasteiger partial charge >= 0.3 is 0 Å². The molecule has 0 aliphatic heterocycles. The molecule has 1 N–H and O–H groups in total. The van der Waals surface area contributed by atoms with Gasteiger partial charge in [-0.05, 0) is 31.5 Å². The van der Waals surface area contributed by atoms with E-state index in [1.807, 2.05) is 11.7 Å². The molecular weight excluding hydrogens is 210 g/mol. The van der Waals surface area contributed by atoms with E-state index in [1.165, 1.54) is 5.56 Å². The minimum atomic E-state index is 0.839. The normalized spacial score (nSPS) is 10.6. The average Bonchev–Trinajstić information content (AvgIpc) is 2.79. The second kappa shape index (κ2) is 6.21. The summed E-state index contributed by atoms with van der Waals surface area (Å²) in [6, 6.07) is 12.7. The van der Waals surface area contributed by atoms with Gasteiger partial charge in [-0.2, -0.15) is 5.10 Å². The highest BCUT2D eigenvalue weighted by Gasteiger charge is 1.98. The van der Waals surface area contributed by atoms with Crippen LogP contribution in [0.15, 0.2) is 42.6 Å². The molecule has 0 aliphatic rings. The summed E-state index contributed by atoms with van der Waals surface area (Å²) in [4.78, 5) is 0. The van der Waals surface area contributed by atoms with Crippen LogP contribution in [-0.2, 0) is 19.5 Å². The number of nitrogens with one attached hydrogen (secondary N) is 1. The van der Waals surface area contributed by atoms with Crippen LogP contribution >= 0.6 is 0 Å². The van der Waals surface area contributed by atoms with Crippen LogP contribution < -0.4 is 5.32 Å². The van der Waals surface area contributed by atoms with Crippen molar-refractivity contribution in [3.8, 4) is 0 Å². The van der Waals surface area contributed by atoms with Crippen molar-refractivity contribution in [3.05, 3.63) is 53.9 Å². The molecule has 2 aromatic rings. The van der Waals surface area contributed by atoms with Crippen molar-refractivity contribution in [1.82, 2.24) is 15.1 Å². The maximum absolute atomic E-state index is 4.49. The Morgan fingerprint density at radius 2 is 2.00 bits per heavy atom. The van der Waals surface area contributed by atoms with Crippen LogP contribution in [0.25, 0.3) is 0 Å². The molecule has 1 aromatic carbocycles. The highest BCUT2D eigenvalue weighted by molar-refractivity contribution is 5.14. The molecule has 0 spiro atoms. The van der Waals surface area contributed by atoms with Crippen molar-refractivity contribution >= 4 is 0 Å². The van der Waals surface area contributed by atoms with Crippen LogP contribution in [0, 0.1) is 0 Å². The number of aromatic nitrogens is 2. The average molecular weight is 229 g/mol. The Hall–Kier alpha value is -1.61. The van der Waals surface area contributed by atoms with Crippen molar-refractivity contribution in [3.63, 3.8) is 0 Å². The Bertz CT molecular complexity index is 434. The van der Waals surface area contributed by atoms with Crippen molar-refractivity contribution in [1.29, 1.82) is 0 Å². The van der Waals surface area contributed by atoms with E-state index < -0.39 is 0 Å². The van der Waals surface area contributed by atoms with Gasteiger partial charge in [0, 0.05) is 19.3 Å². The van der Waals surface area contributed by atoms with Gasteiger partial charge in [-0.15, -0.1) is 0 Å². The van der Waals surface area contributed by atoms with Gasteiger partial charge in [0.2, 0.25) is 0 Å². The third-order valence-corrected chi connectivity index (χ3v) is 2.75. The topological polar surface area (TPSA) is 29.9 Å². The minimum Gasteiger partial charge on any atom is -0.314 e. The summed E-state index contributed by atoms with van der Waals surface area (Å²) >= 11 is 0. The number of aryl methyl sites for hydroxylation is 2. The zero-order valence-electron chi connectivity index (χ0n) is 10.3. The molecule has 0 saturated heterocycles. The van der Waals surface area contributed by atoms with E-state index in [0.717, 1.165) is 31.6 Å². The maximum Gasteiger partial charge on any atom is 0.0762 e. The number of rotatable bonds is 6. The van der Waals surface area contributed by atoms with E-state index in [2.05, 4.69) is 53.0 Å². The summed E-state index contributed by atoms with van der Waals surface area (Å²) in [5.41, 5.74) is 2.50. The highest BCUT2D eigenvalue weighted by atomic mass is 15.3. The van der Waals surface area contributed by atoms with Gasteiger partial charge in [-0.3, -0.25) is 4.68 Å². The molecule has 0 fully saturated rings. The standard InChI is InChI=1S/C14H19N3/c1-15-12-14-9-11-17(16-14)10-5-8-13-6-3-2-4-7-13/h2-4,6-7,9,11,15H,5,8,10,12H2,1H3. The molecule has 0 radical (unpaired) electrons. The van der Waals surface area contributed by atoms with E-state index in [1.54, 1.807) is 0 Å². The first kappa shape index (κ1) is 11.9. The molecule has 90 valence electrons. The van der Waals surface area contributed by atoms with Gasteiger partial charge in [-0.25, -0.2) is 0 Å². The fourth-order valence-electron chi connectivity index (χ4n) is 1.89. The lowest BCUT2D eigenvalue weighted by molar-refractivity contribution is 0.568. The first-order chi connectivity index (χ1) is 8.38. The van der Waals surface area contributed by atoms with Gasteiger partial charge in [-0.1, -0.05) is 30.3 Å². The van der Waals surface area contributed by atoms with Crippen LogP contribution in [0.5, 0.6) is 0 Å². The first-order valence-corrected chi connectivity index (χ1v) is 6.09. The number of hydrogen-bond donors (Lipinski definition) is 1. The van der Waals surface area contributed by atoms with Gasteiger partial charge < -0.3 is 5.32 Å². The Kier molecular flexibility index (Phi) is 4.33. The zero-order valence-corrected chi connectivity index (χ0v) is 10.3. The molecule has 0 atom stereocenters. The number of hydrogen-bond acceptors (Lipinski definition) is 2. The van der Waals surface area contributed by atoms with Crippen molar-refractivity contribution in [2.45, 2.75) is 25.9 Å². The molecule has 0 aliphatic carbocycles. The van der Waals surface area contributed by atoms with Gasteiger partial charge in [0.1, 0.15) is 0 Å². The van der Waals surface area contributed by atoms with E-state index >= 15 is 0 Å². The van der Waals surface area contributed by atoms with Gasteiger partial charge in [0.05, 0.1) is 5.69 Å². The van der Waals surface area contributed by atoms with E-state index in [0.29, 0.717) is 0 Å². The summed E-state index contributed by atoms with van der Waals surface area (Å²) in [7, 11) is 1.94. The molecule has 1 heterocycles. The molecule has 3 nitrogen and oxygen atoms in total. The van der Waals surface area contributed by atoms with Crippen LogP contribution in [-0.4, -0.2) is 16.8 Å². The van der Waals surface area contributed by atoms with Crippen LogP contribution in [0.4, 0.5) is 0 Å². The Morgan fingerprint density at radius 3 is 2.76 bits per heavy atom. The second-order valence-electron chi connectivity index (χ2n) is 4.19. The molecule has 0 amide bonds. The monoisotopic (exact) mass is 229 g/mol. The molecule has 17 heavy (non-hydrogen) atoms. The second-order valence-corrected chi connectivity index (χ2v) is 4.19. The lowest BCUT2D eigenvalue weighted by atomic mass is 10.1. The van der Waals surface area contributed by atoms with Crippen LogP contribution in [0.2, 0.25) is 0 Å². The number of benzene rings is 1. The quantitative estimate of drug-likeness (QED) is 0.823. The zero-order chi connectivity index (χ0) is 11.9. The fourth-order valence-corrected chi connectivity index (χ4v) is 1.89. The van der Waals surface area contributed by atoms with Gasteiger partial charge in [0.25, 0.3) is 0 Å². The molecule has 3 heteroatoms. The number of nitrogens with zero attached hydrogens (tertiary/aromatic N) is 2. The predicted octanol–water partition coefficient (Wildman–Crippen LogP) is 2.24. The van der Waals surface area contributed by atoms with Crippen molar-refractivity contribution in [2.75, 3.05) is 7.05 Å². The molecular formula is C14H19N3. The largest absolute Gasteiger partial charge is 0.314 e. The molecule has 0 unspecified atom stereocenters. The van der Waals surface area contributed by atoms with Crippen LogP contribution in [0.1, 0.15) is 17.7 Å². The fraction of sp³-hybridized carbons (Fsp3) is 0.357. The maximum atomic E-state index is 4.49. The van der Waals surface area contributed by atoms with E-state index in [9.17, 15) is 0 Å². The first-order valence-electron chi connectivity index (χ1n) is 6.09.